The Morgan fingerprint density at radius 2 is 1.91 bits per heavy atom. The Labute approximate surface area is 191 Å². The zero-order valence-corrected chi connectivity index (χ0v) is 18.7. The van der Waals surface area contributed by atoms with Gasteiger partial charge in [-0.25, -0.2) is 0 Å². The van der Waals surface area contributed by atoms with E-state index in [-0.39, 0.29) is 19.2 Å². The van der Waals surface area contributed by atoms with E-state index in [1.807, 2.05) is 12.1 Å². The number of amides is 1. The van der Waals surface area contributed by atoms with E-state index in [0.29, 0.717) is 39.2 Å². The Morgan fingerprint density at radius 3 is 2.59 bits per heavy atom. The van der Waals surface area contributed by atoms with Gasteiger partial charge in [-0.05, 0) is 38.1 Å². The average molecular weight is 455 g/mol. The van der Waals surface area contributed by atoms with Gasteiger partial charge in [0.2, 0.25) is 0 Å². The first-order chi connectivity index (χ1) is 15.2. The highest BCUT2D eigenvalue weighted by molar-refractivity contribution is 6.30. The third-order valence-electron chi connectivity index (χ3n) is 4.87. The van der Waals surface area contributed by atoms with Crippen LogP contribution in [0.3, 0.4) is 0 Å². The molecule has 4 rings (SSSR count). The van der Waals surface area contributed by atoms with Gasteiger partial charge in [0.1, 0.15) is 17.9 Å². The van der Waals surface area contributed by atoms with Crippen molar-refractivity contribution in [3.63, 3.8) is 0 Å². The van der Waals surface area contributed by atoms with Gasteiger partial charge in [0.05, 0.1) is 24.1 Å². The highest BCUT2D eigenvalue weighted by atomic mass is 35.5. The lowest BCUT2D eigenvalue weighted by Gasteiger charge is -2.29. The van der Waals surface area contributed by atoms with Crippen LogP contribution in [0.25, 0.3) is 11.3 Å². The minimum atomic E-state index is -0.984. The van der Waals surface area contributed by atoms with Crippen molar-refractivity contribution in [2.45, 2.75) is 19.4 Å². The number of halogens is 1. The van der Waals surface area contributed by atoms with Gasteiger partial charge in [-0.1, -0.05) is 23.7 Å². The molecule has 1 amide bonds. The van der Waals surface area contributed by atoms with Crippen molar-refractivity contribution in [1.29, 1.82) is 0 Å². The summed E-state index contributed by atoms with van der Waals surface area (Å²) in [6.45, 7) is 3.45. The Balaban J connectivity index is 1.57. The number of aliphatic hydroxyl groups is 1. The third-order valence-corrected chi connectivity index (χ3v) is 5.12. The number of aromatic nitrogens is 1. The highest BCUT2D eigenvalue weighted by Crippen LogP contribution is 2.36. The number of hydrogen-bond acceptors (Lipinski definition) is 6. The summed E-state index contributed by atoms with van der Waals surface area (Å²) in [5, 5.41) is 10.5. The number of carbonyl (C=O) groups excluding carboxylic acids is 1. The van der Waals surface area contributed by atoms with Crippen LogP contribution in [0.1, 0.15) is 24.2 Å². The van der Waals surface area contributed by atoms with Crippen molar-refractivity contribution < 1.29 is 24.1 Å². The van der Waals surface area contributed by atoms with Crippen molar-refractivity contribution >= 4 is 23.2 Å². The van der Waals surface area contributed by atoms with Crippen LogP contribution in [0, 0.1) is 0 Å². The van der Waals surface area contributed by atoms with Gasteiger partial charge in [-0.15, -0.1) is 0 Å². The lowest BCUT2D eigenvalue weighted by molar-refractivity contribution is 0.0276. The van der Waals surface area contributed by atoms with Gasteiger partial charge in [0.15, 0.2) is 18.2 Å². The molecule has 3 aromatic rings. The molecule has 0 unspecified atom stereocenters. The van der Waals surface area contributed by atoms with Crippen molar-refractivity contribution in [2.24, 2.45) is 0 Å². The Morgan fingerprint density at radius 1 is 1.16 bits per heavy atom. The second kappa shape index (κ2) is 8.68. The molecule has 2 heterocycles. The van der Waals surface area contributed by atoms with Crippen LogP contribution in [0.15, 0.2) is 54.7 Å². The number of benzene rings is 2. The molecule has 0 bridgehead atoms. The number of methoxy groups -OCH3 is 1. The Bertz CT molecular complexity index is 1140. The zero-order chi connectivity index (χ0) is 22.9. The molecule has 8 heteroatoms. The van der Waals surface area contributed by atoms with Gasteiger partial charge in [-0.3, -0.25) is 14.7 Å². The van der Waals surface area contributed by atoms with E-state index in [4.69, 9.17) is 25.8 Å². The number of anilines is 1. The van der Waals surface area contributed by atoms with E-state index in [0.717, 1.165) is 5.56 Å². The number of pyridine rings is 1. The van der Waals surface area contributed by atoms with Gasteiger partial charge in [-0.2, -0.15) is 0 Å². The Kier molecular flexibility index (Phi) is 5.95. The molecule has 0 saturated carbocycles. The smallest absolute Gasteiger partial charge is 0.266 e. The third kappa shape index (κ3) is 4.64. The van der Waals surface area contributed by atoms with E-state index < -0.39 is 5.60 Å². The first-order valence-electron chi connectivity index (χ1n) is 9.99. The monoisotopic (exact) mass is 454 g/mol. The summed E-state index contributed by atoms with van der Waals surface area (Å²) in [5.41, 5.74) is 1.55. The molecular formula is C24H23ClN2O5. The maximum Gasteiger partial charge on any atom is 0.266 e. The molecule has 0 spiro atoms. The number of fused-ring (bicyclic) bond motifs is 1. The normalized spacial score (nSPS) is 13.4. The van der Waals surface area contributed by atoms with Crippen LogP contribution in [0.2, 0.25) is 5.02 Å². The SMILES string of the molecule is COc1cc(N2COc3cc(-c4ccc(Cl)cc4)ncc3C2=O)ccc1OCC(C)(C)O. The maximum atomic E-state index is 13.1. The molecule has 0 aliphatic carbocycles. The molecule has 1 N–H and O–H groups in total. The van der Waals surface area contributed by atoms with Crippen molar-refractivity contribution in [3.8, 4) is 28.5 Å². The summed E-state index contributed by atoms with van der Waals surface area (Å²) >= 11 is 5.95. The Hall–Kier alpha value is -3.29. The second-order valence-corrected chi connectivity index (χ2v) is 8.45. The second-order valence-electron chi connectivity index (χ2n) is 8.02. The minimum Gasteiger partial charge on any atom is -0.493 e. The van der Waals surface area contributed by atoms with Crippen molar-refractivity contribution in [2.75, 3.05) is 25.3 Å². The van der Waals surface area contributed by atoms with Crippen LogP contribution < -0.4 is 19.1 Å². The van der Waals surface area contributed by atoms with Crippen LogP contribution in [-0.4, -0.2) is 42.0 Å². The molecule has 1 aliphatic rings. The predicted molar refractivity (Wildman–Crippen MR) is 122 cm³/mol. The van der Waals surface area contributed by atoms with Crippen LogP contribution in [0.5, 0.6) is 17.2 Å². The van der Waals surface area contributed by atoms with E-state index in [2.05, 4.69) is 4.98 Å². The van der Waals surface area contributed by atoms with E-state index in [1.165, 1.54) is 18.2 Å². The van der Waals surface area contributed by atoms with E-state index in [1.54, 1.807) is 50.2 Å². The molecule has 0 saturated heterocycles. The first kappa shape index (κ1) is 21.9. The maximum absolute atomic E-state index is 13.1. The summed E-state index contributed by atoms with van der Waals surface area (Å²) in [6.07, 6.45) is 1.52. The zero-order valence-electron chi connectivity index (χ0n) is 18.0. The van der Waals surface area contributed by atoms with E-state index in [9.17, 15) is 9.90 Å². The predicted octanol–water partition coefficient (Wildman–Crippen LogP) is 4.56. The number of nitrogens with zero attached hydrogens (tertiary/aromatic N) is 2. The lowest BCUT2D eigenvalue weighted by Crippen LogP contribution is -2.38. The molecular weight excluding hydrogens is 432 g/mol. The van der Waals surface area contributed by atoms with Crippen molar-refractivity contribution in [3.05, 3.63) is 65.3 Å². The van der Waals surface area contributed by atoms with Crippen LogP contribution in [-0.2, 0) is 0 Å². The average Bonchev–Trinajstić information content (AvgIpc) is 2.77. The first-order valence-corrected chi connectivity index (χ1v) is 10.4. The summed E-state index contributed by atoms with van der Waals surface area (Å²) in [5.74, 6) is 1.16. The number of ether oxygens (including phenoxy) is 3. The lowest BCUT2D eigenvalue weighted by atomic mass is 10.1. The molecule has 7 nitrogen and oxygen atoms in total. The fourth-order valence-corrected chi connectivity index (χ4v) is 3.35. The molecule has 0 fully saturated rings. The van der Waals surface area contributed by atoms with E-state index >= 15 is 0 Å². The number of carbonyl (C=O) groups is 1. The van der Waals surface area contributed by atoms with Gasteiger partial charge >= 0.3 is 0 Å². The van der Waals surface area contributed by atoms with Crippen LogP contribution in [0.4, 0.5) is 5.69 Å². The summed E-state index contributed by atoms with van der Waals surface area (Å²) in [4.78, 5) is 19.1. The molecule has 1 aromatic heterocycles. The fraction of sp³-hybridized carbons (Fsp3) is 0.250. The van der Waals surface area contributed by atoms with Gasteiger partial charge in [0, 0.05) is 28.9 Å². The van der Waals surface area contributed by atoms with Gasteiger partial charge in [0.25, 0.3) is 5.91 Å². The molecule has 0 atom stereocenters. The topological polar surface area (TPSA) is 81.1 Å². The molecule has 0 radical (unpaired) electrons. The summed E-state index contributed by atoms with van der Waals surface area (Å²) in [6, 6.07) is 14.2. The largest absolute Gasteiger partial charge is 0.493 e. The minimum absolute atomic E-state index is 0.0446. The summed E-state index contributed by atoms with van der Waals surface area (Å²) in [7, 11) is 1.52. The quantitative estimate of drug-likeness (QED) is 0.588. The fourth-order valence-electron chi connectivity index (χ4n) is 3.22. The summed E-state index contributed by atoms with van der Waals surface area (Å²) < 4.78 is 16.9. The molecule has 2 aromatic carbocycles. The molecule has 32 heavy (non-hydrogen) atoms. The number of rotatable bonds is 6. The van der Waals surface area contributed by atoms with Crippen LogP contribution >= 0.6 is 11.6 Å². The molecule has 166 valence electrons. The standard InChI is InChI=1S/C24H23ClN2O5/c1-24(2,29)13-31-20-9-8-17(10-22(20)30-3)27-14-32-21-11-19(26-12-18(21)23(27)28)15-4-6-16(25)7-5-15/h4-12,29H,13-14H2,1-3H3. The van der Waals surface area contributed by atoms with Gasteiger partial charge < -0.3 is 19.3 Å². The highest BCUT2D eigenvalue weighted by Gasteiger charge is 2.28. The van der Waals surface area contributed by atoms with Crippen molar-refractivity contribution in [1.82, 2.24) is 4.98 Å². The number of hydrogen-bond donors (Lipinski definition) is 1. The molecule has 1 aliphatic heterocycles.